The molecule has 0 bridgehead atoms. The molecule has 3 heteroatoms. The van der Waals surface area contributed by atoms with Crippen molar-refractivity contribution in [2.24, 2.45) is 28.6 Å². The summed E-state index contributed by atoms with van der Waals surface area (Å²) < 4.78 is 5.55. The number of benzene rings is 1. The van der Waals surface area contributed by atoms with Crippen LogP contribution in [0.1, 0.15) is 68.9 Å². The van der Waals surface area contributed by atoms with E-state index in [-0.39, 0.29) is 10.8 Å². The molecule has 0 amide bonds. The summed E-state index contributed by atoms with van der Waals surface area (Å²) in [6.07, 6.45) is 9.74. The molecule has 0 N–H and O–H groups in total. The molecule has 1 spiro atoms. The third kappa shape index (κ3) is 2.20. The van der Waals surface area contributed by atoms with Crippen LogP contribution in [0, 0.1) is 28.6 Å². The molecule has 3 nitrogen and oxygen atoms in total. The van der Waals surface area contributed by atoms with Crippen LogP contribution in [0.2, 0.25) is 0 Å². The van der Waals surface area contributed by atoms with E-state index >= 15 is 0 Å². The van der Waals surface area contributed by atoms with Gasteiger partial charge in [0.25, 0.3) is 0 Å². The summed E-state index contributed by atoms with van der Waals surface area (Å²) in [5, 5.41) is 0. The maximum Gasteiger partial charge on any atom is 0.155 e. The Morgan fingerprint density at radius 2 is 1.97 bits per heavy atom. The Hall–Kier alpha value is -1.90. The molecule has 6 rings (SSSR count). The third-order valence-corrected chi connectivity index (χ3v) is 9.63. The average molecular weight is 391 g/mol. The van der Waals surface area contributed by atoms with E-state index in [1.165, 1.54) is 16.7 Å². The molecule has 5 aliphatic rings. The fraction of sp³-hybridized carbons (Fsp3) is 0.615. The number of Topliss-reactive ketones (excluding diaryl/α,β-unsaturated/α-hetero) is 1. The Kier molecular flexibility index (Phi) is 3.60. The van der Waals surface area contributed by atoms with E-state index in [4.69, 9.17) is 4.74 Å². The lowest BCUT2D eigenvalue weighted by molar-refractivity contribution is -0.135. The molecule has 0 aromatic heterocycles. The molecule has 6 atom stereocenters. The van der Waals surface area contributed by atoms with Crippen LogP contribution in [-0.2, 0) is 16.0 Å². The number of hydrogen-bond acceptors (Lipinski definition) is 3. The van der Waals surface area contributed by atoms with Gasteiger partial charge in [0.2, 0.25) is 0 Å². The van der Waals surface area contributed by atoms with Crippen molar-refractivity contribution in [2.45, 2.75) is 64.2 Å². The minimum atomic E-state index is -0.159. The van der Waals surface area contributed by atoms with Crippen LogP contribution in [0.25, 0.3) is 0 Å². The van der Waals surface area contributed by atoms with Gasteiger partial charge in [-0.2, -0.15) is 0 Å². The fourth-order valence-electron chi connectivity index (χ4n) is 8.49. The summed E-state index contributed by atoms with van der Waals surface area (Å²) in [7, 11) is 1.73. The third-order valence-electron chi connectivity index (χ3n) is 9.63. The van der Waals surface area contributed by atoms with Gasteiger partial charge >= 0.3 is 0 Å². The number of carbonyl (C=O) groups is 2. The lowest BCUT2D eigenvalue weighted by Gasteiger charge is -2.63. The number of allylic oxidation sites excluding steroid dienone is 1. The Bertz CT molecular complexity index is 959. The summed E-state index contributed by atoms with van der Waals surface area (Å²) in [5.41, 5.74) is 4.21. The minimum Gasteiger partial charge on any atom is -0.497 e. The van der Waals surface area contributed by atoms with Crippen molar-refractivity contribution in [1.29, 1.82) is 0 Å². The zero-order valence-corrected chi connectivity index (χ0v) is 17.5. The number of ketones is 2. The number of fused-ring (bicyclic) bond motifs is 4. The second kappa shape index (κ2) is 5.83. The molecule has 0 heterocycles. The molecule has 5 aliphatic carbocycles. The molecule has 29 heavy (non-hydrogen) atoms. The highest BCUT2D eigenvalue weighted by Crippen LogP contribution is 2.70. The first-order valence-electron chi connectivity index (χ1n) is 11.4. The lowest BCUT2D eigenvalue weighted by Crippen LogP contribution is -2.57. The summed E-state index contributed by atoms with van der Waals surface area (Å²) in [4.78, 5) is 25.3. The average Bonchev–Trinajstić information content (AvgIpc) is 3.02. The zero-order valence-electron chi connectivity index (χ0n) is 17.5. The van der Waals surface area contributed by atoms with E-state index in [1.807, 2.05) is 6.08 Å². The summed E-state index contributed by atoms with van der Waals surface area (Å²) in [6.45, 7) is 2.27. The highest BCUT2D eigenvalue weighted by Gasteiger charge is 2.64. The summed E-state index contributed by atoms with van der Waals surface area (Å²) in [5.74, 6) is 3.89. The van der Waals surface area contributed by atoms with Crippen LogP contribution in [0.4, 0.5) is 0 Å². The van der Waals surface area contributed by atoms with Crippen molar-refractivity contribution in [3.05, 3.63) is 41.0 Å². The number of ether oxygens (including phenoxy) is 1. The van der Waals surface area contributed by atoms with Crippen LogP contribution in [0.3, 0.4) is 0 Å². The van der Waals surface area contributed by atoms with Crippen molar-refractivity contribution in [1.82, 2.24) is 0 Å². The Morgan fingerprint density at radius 1 is 1.10 bits per heavy atom. The largest absolute Gasteiger partial charge is 0.497 e. The minimum absolute atomic E-state index is 0.119. The van der Waals surface area contributed by atoms with Gasteiger partial charge in [0.1, 0.15) is 11.5 Å². The van der Waals surface area contributed by atoms with E-state index in [0.29, 0.717) is 41.7 Å². The number of carbonyl (C=O) groups excluding carboxylic acids is 2. The monoisotopic (exact) mass is 390 g/mol. The van der Waals surface area contributed by atoms with Crippen LogP contribution in [0.5, 0.6) is 5.75 Å². The molecule has 3 fully saturated rings. The molecule has 1 aromatic rings. The fourth-order valence-corrected chi connectivity index (χ4v) is 8.49. The van der Waals surface area contributed by atoms with Crippen molar-refractivity contribution in [3.63, 3.8) is 0 Å². The molecule has 0 radical (unpaired) electrons. The van der Waals surface area contributed by atoms with Crippen molar-refractivity contribution < 1.29 is 14.3 Å². The first-order chi connectivity index (χ1) is 14.0. The van der Waals surface area contributed by atoms with Gasteiger partial charge in [-0.3, -0.25) is 9.59 Å². The van der Waals surface area contributed by atoms with Crippen LogP contribution >= 0.6 is 0 Å². The molecule has 0 saturated heterocycles. The van der Waals surface area contributed by atoms with Gasteiger partial charge in [-0.05, 0) is 96.9 Å². The van der Waals surface area contributed by atoms with Crippen molar-refractivity contribution in [2.75, 3.05) is 7.11 Å². The van der Waals surface area contributed by atoms with Gasteiger partial charge in [-0.25, -0.2) is 0 Å². The van der Waals surface area contributed by atoms with E-state index in [9.17, 15) is 9.59 Å². The molecular formula is C26H30O3. The quantitative estimate of drug-likeness (QED) is 0.676. The van der Waals surface area contributed by atoms with Gasteiger partial charge in [0, 0.05) is 18.3 Å². The van der Waals surface area contributed by atoms with Gasteiger partial charge in [0.15, 0.2) is 5.78 Å². The van der Waals surface area contributed by atoms with Gasteiger partial charge in [0.05, 0.1) is 7.11 Å². The van der Waals surface area contributed by atoms with Crippen LogP contribution in [0.15, 0.2) is 29.8 Å². The second-order valence-electron chi connectivity index (χ2n) is 10.6. The van der Waals surface area contributed by atoms with Gasteiger partial charge in [-0.15, -0.1) is 0 Å². The van der Waals surface area contributed by atoms with Crippen molar-refractivity contribution >= 4 is 11.6 Å². The maximum atomic E-state index is 13.0. The normalized spacial score (nSPS) is 42.3. The SMILES string of the molecule is COc1ccc2c(c1)C[C@]13CCC(=O)C=C1CC[C@@H]1C3C2C[C@]2(C)C(=O)CC[C@@H]12. The number of rotatable bonds is 1. The highest BCUT2D eigenvalue weighted by atomic mass is 16.5. The summed E-state index contributed by atoms with van der Waals surface area (Å²) >= 11 is 0. The first-order valence-corrected chi connectivity index (χ1v) is 11.4. The van der Waals surface area contributed by atoms with Crippen LogP contribution in [-0.4, -0.2) is 18.7 Å². The van der Waals surface area contributed by atoms with Gasteiger partial charge in [-0.1, -0.05) is 18.6 Å². The molecule has 1 aromatic carbocycles. The van der Waals surface area contributed by atoms with E-state index in [1.54, 1.807) is 7.11 Å². The van der Waals surface area contributed by atoms with E-state index in [0.717, 1.165) is 50.7 Å². The van der Waals surface area contributed by atoms with Crippen molar-refractivity contribution in [3.8, 4) is 5.75 Å². The van der Waals surface area contributed by atoms with E-state index < -0.39 is 0 Å². The summed E-state index contributed by atoms with van der Waals surface area (Å²) in [6, 6.07) is 6.60. The predicted octanol–water partition coefficient (Wildman–Crippen LogP) is 5.03. The Morgan fingerprint density at radius 3 is 2.79 bits per heavy atom. The molecule has 0 aliphatic heterocycles. The maximum absolute atomic E-state index is 13.0. The zero-order chi connectivity index (χ0) is 20.0. The molecular weight excluding hydrogens is 360 g/mol. The molecule has 2 unspecified atom stereocenters. The lowest BCUT2D eigenvalue weighted by atomic mass is 9.40. The molecule has 3 saturated carbocycles. The van der Waals surface area contributed by atoms with E-state index in [2.05, 4.69) is 25.1 Å². The predicted molar refractivity (Wildman–Crippen MR) is 111 cm³/mol. The highest BCUT2D eigenvalue weighted by molar-refractivity contribution is 5.92. The van der Waals surface area contributed by atoms with Crippen LogP contribution < -0.4 is 4.74 Å². The van der Waals surface area contributed by atoms with Gasteiger partial charge < -0.3 is 4.74 Å². The smallest absolute Gasteiger partial charge is 0.155 e. The molecule has 152 valence electrons. The Balaban J connectivity index is 1.57. The Labute approximate surface area is 172 Å². The topological polar surface area (TPSA) is 43.4 Å². The second-order valence-corrected chi connectivity index (χ2v) is 10.6. The number of methoxy groups -OCH3 is 1. The standard InChI is InChI=1S/C26H30O3/c1-25-14-21-19-6-4-18(29-2)11-15(19)13-26-10-9-17(27)12-16(26)3-5-20(24(21)26)22(25)7-8-23(25)28/h4,6,11-12,20-22,24H,3,5,7-10,13-14H2,1-2H3/t20-,21?,22-,24?,25-,26+/m0/s1. The number of hydrogen-bond donors (Lipinski definition) is 0. The first kappa shape index (κ1) is 17.9.